The van der Waals surface area contributed by atoms with Crippen LogP contribution < -0.4 is 5.56 Å². The number of nitrogens with zero attached hydrogens (tertiary/aromatic N) is 2. The lowest BCUT2D eigenvalue weighted by Gasteiger charge is -2.26. The smallest absolute Gasteiger partial charge is 0.264 e. The van der Waals surface area contributed by atoms with Gasteiger partial charge in [-0.25, -0.2) is 13.5 Å². The molecule has 0 bridgehead atoms. The number of morpholine rings is 1. The third-order valence-corrected chi connectivity index (χ3v) is 5.87. The minimum atomic E-state index is -3.71. The van der Waals surface area contributed by atoms with Crippen molar-refractivity contribution < 1.29 is 13.2 Å². The van der Waals surface area contributed by atoms with Crippen LogP contribution in [0.4, 0.5) is 0 Å². The summed E-state index contributed by atoms with van der Waals surface area (Å²) in [4.78, 5) is 11.1. The van der Waals surface area contributed by atoms with Crippen molar-refractivity contribution >= 4 is 21.6 Å². The standard InChI is InChI=1S/C14H14ClN3O4S/c15-11-2-1-10(12-3-4-14(19)17-16-12)9-13(11)23(20,21)18-5-7-22-8-6-18/h1-4,9H,5-8H2,(H,17,19). The van der Waals surface area contributed by atoms with Crippen molar-refractivity contribution in [3.05, 3.63) is 45.7 Å². The fraction of sp³-hybridized carbons (Fsp3) is 0.286. The van der Waals surface area contributed by atoms with E-state index in [0.29, 0.717) is 37.6 Å². The van der Waals surface area contributed by atoms with Crippen molar-refractivity contribution in [3.63, 3.8) is 0 Å². The van der Waals surface area contributed by atoms with Crippen molar-refractivity contribution in [3.8, 4) is 11.3 Å². The first-order chi connectivity index (χ1) is 11.0. The monoisotopic (exact) mass is 355 g/mol. The Labute approximate surface area is 137 Å². The first-order valence-electron chi connectivity index (χ1n) is 6.92. The van der Waals surface area contributed by atoms with E-state index in [-0.39, 0.29) is 15.5 Å². The van der Waals surface area contributed by atoms with E-state index in [9.17, 15) is 13.2 Å². The summed E-state index contributed by atoms with van der Waals surface area (Å²) in [6, 6.07) is 7.48. The quantitative estimate of drug-likeness (QED) is 0.890. The van der Waals surface area contributed by atoms with Gasteiger partial charge in [-0.1, -0.05) is 17.7 Å². The van der Waals surface area contributed by atoms with Crippen LogP contribution in [0.3, 0.4) is 0 Å². The van der Waals surface area contributed by atoms with Crippen molar-refractivity contribution in [2.45, 2.75) is 4.90 Å². The Morgan fingerprint density at radius 3 is 2.57 bits per heavy atom. The average Bonchev–Trinajstić information content (AvgIpc) is 2.57. The summed E-state index contributed by atoms with van der Waals surface area (Å²) in [5.41, 5.74) is 0.682. The molecule has 3 rings (SSSR count). The molecule has 1 aliphatic heterocycles. The number of hydrogen-bond acceptors (Lipinski definition) is 5. The Hall–Kier alpha value is -1.74. The van der Waals surface area contributed by atoms with Crippen molar-refractivity contribution in [1.82, 2.24) is 14.5 Å². The Balaban J connectivity index is 2.03. The molecule has 1 aromatic carbocycles. The number of hydrogen-bond donors (Lipinski definition) is 1. The van der Waals surface area contributed by atoms with Crippen LogP contribution in [0, 0.1) is 0 Å². The fourth-order valence-electron chi connectivity index (χ4n) is 2.29. The Bertz CT molecular complexity index is 855. The van der Waals surface area contributed by atoms with E-state index in [1.807, 2.05) is 0 Å². The van der Waals surface area contributed by atoms with Crippen molar-refractivity contribution in [1.29, 1.82) is 0 Å². The van der Waals surface area contributed by atoms with Crippen LogP contribution in [-0.2, 0) is 14.8 Å². The van der Waals surface area contributed by atoms with Crippen LogP contribution >= 0.6 is 11.6 Å². The Morgan fingerprint density at radius 1 is 1.17 bits per heavy atom. The molecule has 0 saturated carbocycles. The van der Waals surface area contributed by atoms with Gasteiger partial charge in [0.2, 0.25) is 10.0 Å². The number of halogens is 1. The molecule has 1 saturated heterocycles. The molecule has 0 radical (unpaired) electrons. The molecule has 0 spiro atoms. The van der Waals surface area contributed by atoms with E-state index in [2.05, 4.69) is 10.2 Å². The molecule has 1 aliphatic rings. The third-order valence-electron chi connectivity index (χ3n) is 3.49. The van der Waals surface area contributed by atoms with Gasteiger partial charge in [-0.2, -0.15) is 9.40 Å². The highest BCUT2D eigenvalue weighted by Gasteiger charge is 2.28. The second-order valence-electron chi connectivity index (χ2n) is 4.97. The maximum atomic E-state index is 12.8. The van der Waals surface area contributed by atoms with Crippen LogP contribution in [0.25, 0.3) is 11.3 Å². The van der Waals surface area contributed by atoms with Crippen LogP contribution in [0.1, 0.15) is 0 Å². The van der Waals surface area contributed by atoms with Crippen molar-refractivity contribution in [2.75, 3.05) is 26.3 Å². The third kappa shape index (κ3) is 3.30. The summed E-state index contributed by atoms with van der Waals surface area (Å²) in [5, 5.41) is 6.37. The number of aromatic amines is 1. The zero-order chi connectivity index (χ0) is 16.4. The van der Waals surface area contributed by atoms with Gasteiger partial charge in [0.1, 0.15) is 4.90 Å². The van der Waals surface area contributed by atoms with E-state index in [1.165, 1.54) is 28.6 Å². The number of H-pyrrole nitrogens is 1. The lowest BCUT2D eigenvalue weighted by atomic mass is 10.1. The zero-order valence-corrected chi connectivity index (χ0v) is 13.6. The van der Waals surface area contributed by atoms with Crippen LogP contribution in [0.2, 0.25) is 5.02 Å². The second kappa shape index (κ2) is 6.40. The summed E-state index contributed by atoms with van der Waals surface area (Å²) in [6.45, 7) is 1.30. The highest BCUT2D eigenvalue weighted by molar-refractivity contribution is 7.89. The maximum Gasteiger partial charge on any atom is 0.264 e. The molecular weight excluding hydrogens is 342 g/mol. The number of nitrogens with one attached hydrogen (secondary N) is 1. The number of ether oxygens (including phenoxy) is 1. The van der Waals surface area contributed by atoms with Crippen LogP contribution in [0.15, 0.2) is 40.0 Å². The van der Waals surface area contributed by atoms with E-state index in [4.69, 9.17) is 16.3 Å². The molecule has 0 unspecified atom stereocenters. The Kier molecular flexibility index (Phi) is 4.49. The van der Waals surface area contributed by atoms with Gasteiger partial charge in [0.15, 0.2) is 0 Å². The molecule has 1 fully saturated rings. The molecule has 2 aromatic rings. The fourth-order valence-corrected chi connectivity index (χ4v) is 4.20. The summed E-state index contributed by atoms with van der Waals surface area (Å²) in [7, 11) is -3.71. The molecule has 7 nitrogen and oxygen atoms in total. The number of aromatic nitrogens is 2. The molecule has 9 heteroatoms. The van der Waals surface area contributed by atoms with Gasteiger partial charge in [0.05, 0.1) is 23.9 Å². The first-order valence-corrected chi connectivity index (χ1v) is 8.74. The lowest BCUT2D eigenvalue weighted by Crippen LogP contribution is -2.40. The van der Waals surface area contributed by atoms with Crippen molar-refractivity contribution in [2.24, 2.45) is 0 Å². The molecular formula is C14H14ClN3O4S. The number of benzene rings is 1. The minimum absolute atomic E-state index is 0.0200. The second-order valence-corrected chi connectivity index (χ2v) is 7.28. The van der Waals surface area contributed by atoms with Gasteiger partial charge in [0.25, 0.3) is 5.56 Å². The maximum absolute atomic E-state index is 12.8. The van der Waals surface area contributed by atoms with E-state index < -0.39 is 10.0 Å². The molecule has 23 heavy (non-hydrogen) atoms. The van der Waals surface area contributed by atoms with Gasteiger partial charge in [-0.15, -0.1) is 0 Å². The molecule has 2 heterocycles. The van der Waals surface area contributed by atoms with Gasteiger partial charge in [0, 0.05) is 24.7 Å². The number of sulfonamides is 1. The topological polar surface area (TPSA) is 92.4 Å². The Morgan fingerprint density at radius 2 is 1.91 bits per heavy atom. The zero-order valence-electron chi connectivity index (χ0n) is 12.0. The molecule has 1 N–H and O–H groups in total. The normalized spacial score (nSPS) is 16.4. The first kappa shape index (κ1) is 16.1. The summed E-state index contributed by atoms with van der Waals surface area (Å²) in [5.74, 6) is 0. The highest BCUT2D eigenvalue weighted by atomic mass is 35.5. The summed E-state index contributed by atoms with van der Waals surface area (Å²) >= 11 is 6.10. The number of rotatable bonds is 3. The summed E-state index contributed by atoms with van der Waals surface area (Å²) in [6.07, 6.45) is 0. The predicted octanol–water partition coefficient (Wildman–Crippen LogP) is 1.11. The largest absolute Gasteiger partial charge is 0.379 e. The van der Waals surface area contributed by atoms with E-state index in [0.717, 1.165) is 0 Å². The molecule has 0 atom stereocenters. The molecule has 122 valence electrons. The minimum Gasteiger partial charge on any atom is -0.379 e. The molecule has 0 amide bonds. The average molecular weight is 356 g/mol. The van der Waals surface area contributed by atoms with Gasteiger partial charge in [-0.05, 0) is 18.2 Å². The molecule has 1 aromatic heterocycles. The SMILES string of the molecule is O=c1ccc(-c2ccc(Cl)c(S(=O)(=O)N3CCOCC3)c2)n[nH]1. The van der Waals surface area contributed by atoms with Gasteiger partial charge >= 0.3 is 0 Å². The molecule has 0 aliphatic carbocycles. The van der Waals surface area contributed by atoms with E-state index >= 15 is 0 Å². The highest BCUT2D eigenvalue weighted by Crippen LogP contribution is 2.29. The van der Waals surface area contributed by atoms with E-state index in [1.54, 1.807) is 6.07 Å². The van der Waals surface area contributed by atoms with Crippen LogP contribution in [0.5, 0.6) is 0 Å². The summed E-state index contributed by atoms with van der Waals surface area (Å²) < 4.78 is 32.0. The van der Waals surface area contributed by atoms with Gasteiger partial charge < -0.3 is 4.74 Å². The predicted molar refractivity (Wildman–Crippen MR) is 84.9 cm³/mol. The van der Waals surface area contributed by atoms with Gasteiger partial charge in [-0.3, -0.25) is 4.79 Å². The lowest BCUT2D eigenvalue weighted by molar-refractivity contribution is 0.0730. The van der Waals surface area contributed by atoms with Crippen LogP contribution in [-0.4, -0.2) is 49.2 Å².